The third kappa shape index (κ3) is 3.84. The van der Waals surface area contributed by atoms with E-state index < -0.39 is 10.0 Å². The first kappa shape index (κ1) is 16.0. The molecule has 0 radical (unpaired) electrons. The Morgan fingerprint density at radius 2 is 2.14 bits per heavy atom. The lowest BCUT2D eigenvalue weighted by molar-refractivity contribution is 0.581. The average molecular weight is 328 g/mol. The van der Waals surface area contributed by atoms with Crippen LogP contribution in [0, 0.1) is 6.92 Å². The Hall–Kier alpha value is -1.38. The predicted octanol–water partition coefficient (Wildman–Crippen LogP) is 2.09. The highest BCUT2D eigenvalue weighted by molar-refractivity contribution is 7.93. The molecule has 2 aromatic rings. The zero-order chi connectivity index (χ0) is 15.6. The molecule has 0 amide bonds. The SMILES string of the molecule is Cc1nn(C)cc1NS(=O)(=O)c1ccsc1CNC(C)C. The molecule has 0 unspecified atom stereocenters. The Morgan fingerprint density at radius 1 is 1.43 bits per heavy atom. The minimum Gasteiger partial charge on any atom is -0.310 e. The maximum atomic E-state index is 12.5. The molecule has 2 rings (SSSR count). The van der Waals surface area contributed by atoms with Gasteiger partial charge in [-0.15, -0.1) is 11.3 Å². The molecule has 2 aromatic heterocycles. The van der Waals surface area contributed by atoms with E-state index in [2.05, 4.69) is 15.1 Å². The number of aryl methyl sites for hydroxylation is 2. The fraction of sp³-hybridized carbons (Fsp3) is 0.462. The molecule has 0 aromatic carbocycles. The highest BCUT2D eigenvalue weighted by Gasteiger charge is 2.21. The molecule has 116 valence electrons. The standard InChI is InChI=1S/C13H20N4O2S2/c1-9(2)14-7-12-13(5-6-20-12)21(18,19)16-11-8-17(4)15-10(11)3/h5-6,8-9,14,16H,7H2,1-4H3. The molecule has 21 heavy (non-hydrogen) atoms. The van der Waals surface area contributed by atoms with Gasteiger partial charge in [0.2, 0.25) is 0 Å². The van der Waals surface area contributed by atoms with Gasteiger partial charge in [-0.1, -0.05) is 13.8 Å². The van der Waals surface area contributed by atoms with Crippen LogP contribution in [0.1, 0.15) is 24.4 Å². The Balaban J connectivity index is 2.24. The number of sulfonamides is 1. The zero-order valence-corrected chi connectivity index (χ0v) is 14.2. The first-order chi connectivity index (χ1) is 9.79. The fourth-order valence-corrected chi connectivity index (χ4v) is 4.39. The smallest absolute Gasteiger partial charge is 0.263 e. The Morgan fingerprint density at radius 3 is 2.71 bits per heavy atom. The Labute approximate surface area is 129 Å². The summed E-state index contributed by atoms with van der Waals surface area (Å²) >= 11 is 1.44. The van der Waals surface area contributed by atoms with Crippen molar-refractivity contribution in [2.24, 2.45) is 7.05 Å². The van der Waals surface area contributed by atoms with Gasteiger partial charge in [-0.05, 0) is 18.4 Å². The lowest BCUT2D eigenvalue weighted by atomic mass is 10.4. The summed E-state index contributed by atoms with van der Waals surface area (Å²) in [5.74, 6) is 0. The summed E-state index contributed by atoms with van der Waals surface area (Å²) in [6.07, 6.45) is 1.66. The first-order valence-corrected chi connectivity index (χ1v) is 8.98. The van der Waals surface area contributed by atoms with E-state index in [4.69, 9.17) is 0 Å². The summed E-state index contributed by atoms with van der Waals surface area (Å²) in [5, 5.41) is 9.17. The van der Waals surface area contributed by atoms with Crippen LogP contribution in [0.2, 0.25) is 0 Å². The number of aromatic nitrogens is 2. The van der Waals surface area contributed by atoms with Crippen molar-refractivity contribution < 1.29 is 8.42 Å². The van der Waals surface area contributed by atoms with Crippen LogP contribution in [-0.4, -0.2) is 24.2 Å². The quantitative estimate of drug-likeness (QED) is 0.851. The molecular formula is C13H20N4O2S2. The van der Waals surface area contributed by atoms with Crippen molar-refractivity contribution >= 4 is 27.0 Å². The van der Waals surface area contributed by atoms with Gasteiger partial charge in [-0.3, -0.25) is 9.40 Å². The summed E-state index contributed by atoms with van der Waals surface area (Å²) in [4.78, 5) is 1.13. The third-order valence-electron chi connectivity index (χ3n) is 2.92. The largest absolute Gasteiger partial charge is 0.310 e. The van der Waals surface area contributed by atoms with Gasteiger partial charge in [0.25, 0.3) is 10.0 Å². The van der Waals surface area contributed by atoms with Gasteiger partial charge < -0.3 is 5.32 Å². The molecule has 0 aliphatic carbocycles. The second kappa shape index (κ2) is 6.17. The molecular weight excluding hydrogens is 308 g/mol. The van der Waals surface area contributed by atoms with E-state index >= 15 is 0 Å². The van der Waals surface area contributed by atoms with Crippen LogP contribution in [-0.2, 0) is 23.6 Å². The van der Waals surface area contributed by atoms with Crippen molar-refractivity contribution in [2.75, 3.05) is 4.72 Å². The summed E-state index contributed by atoms with van der Waals surface area (Å²) in [6.45, 7) is 6.36. The van der Waals surface area contributed by atoms with Crippen LogP contribution in [0.4, 0.5) is 5.69 Å². The molecule has 0 fully saturated rings. The molecule has 0 aliphatic heterocycles. The van der Waals surface area contributed by atoms with Crippen molar-refractivity contribution in [1.82, 2.24) is 15.1 Å². The van der Waals surface area contributed by atoms with Crippen LogP contribution in [0.25, 0.3) is 0 Å². The molecule has 0 atom stereocenters. The Bertz CT molecular complexity index is 716. The minimum atomic E-state index is -3.59. The molecule has 0 bridgehead atoms. The van der Waals surface area contributed by atoms with Crippen LogP contribution >= 0.6 is 11.3 Å². The van der Waals surface area contributed by atoms with Gasteiger partial charge in [0.05, 0.1) is 11.4 Å². The summed E-state index contributed by atoms with van der Waals surface area (Å²) in [7, 11) is -1.83. The predicted molar refractivity (Wildman–Crippen MR) is 85.0 cm³/mol. The molecule has 8 heteroatoms. The topological polar surface area (TPSA) is 76.0 Å². The van der Waals surface area contributed by atoms with Gasteiger partial charge in [0.15, 0.2) is 0 Å². The van der Waals surface area contributed by atoms with Crippen molar-refractivity contribution in [3.63, 3.8) is 0 Å². The van der Waals surface area contributed by atoms with Crippen LogP contribution in [0.15, 0.2) is 22.5 Å². The fourth-order valence-electron chi connectivity index (χ4n) is 1.89. The second-order valence-corrected chi connectivity index (χ2v) is 7.80. The molecule has 2 heterocycles. The average Bonchev–Trinajstić information content (AvgIpc) is 2.94. The van der Waals surface area contributed by atoms with Crippen molar-refractivity contribution in [2.45, 2.75) is 38.3 Å². The number of anilines is 1. The third-order valence-corrected chi connectivity index (χ3v) is 5.42. The summed E-state index contributed by atoms with van der Waals surface area (Å²) in [6, 6.07) is 1.94. The normalized spacial score (nSPS) is 12.0. The maximum Gasteiger partial charge on any atom is 0.263 e. The monoisotopic (exact) mass is 328 g/mol. The second-order valence-electron chi connectivity index (χ2n) is 5.15. The highest BCUT2D eigenvalue weighted by Crippen LogP contribution is 2.25. The van der Waals surface area contributed by atoms with Gasteiger partial charge >= 0.3 is 0 Å². The van der Waals surface area contributed by atoms with E-state index in [0.717, 1.165) is 4.88 Å². The Kier molecular flexibility index (Phi) is 4.70. The zero-order valence-electron chi connectivity index (χ0n) is 12.5. The van der Waals surface area contributed by atoms with E-state index in [0.29, 0.717) is 28.9 Å². The maximum absolute atomic E-state index is 12.5. The summed E-state index contributed by atoms with van der Waals surface area (Å²) in [5.41, 5.74) is 1.16. The molecule has 2 N–H and O–H groups in total. The van der Waals surface area contributed by atoms with E-state index in [1.165, 1.54) is 11.3 Å². The van der Waals surface area contributed by atoms with Gasteiger partial charge in [-0.2, -0.15) is 5.10 Å². The minimum absolute atomic E-state index is 0.302. The number of thiophene rings is 1. The van der Waals surface area contributed by atoms with Crippen molar-refractivity contribution in [3.05, 3.63) is 28.2 Å². The van der Waals surface area contributed by atoms with Crippen LogP contribution < -0.4 is 10.0 Å². The highest BCUT2D eigenvalue weighted by atomic mass is 32.2. The number of nitrogens with one attached hydrogen (secondary N) is 2. The molecule has 0 aliphatic rings. The molecule has 0 saturated carbocycles. The lowest BCUT2D eigenvalue weighted by Crippen LogP contribution is -2.23. The van der Waals surface area contributed by atoms with Gasteiger partial charge in [0, 0.05) is 30.7 Å². The van der Waals surface area contributed by atoms with Crippen molar-refractivity contribution in [3.8, 4) is 0 Å². The lowest BCUT2D eigenvalue weighted by Gasteiger charge is -2.10. The van der Waals surface area contributed by atoms with Crippen LogP contribution in [0.5, 0.6) is 0 Å². The number of rotatable bonds is 6. The van der Waals surface area contributed by atoms with Crippen molar-refractivity contribution in [1.29, 1.82) is 0 Å². The number of hydrogen-bond donors (Lipinski definition) is 2. The molecule has 0 saturated heterocycles. The molecule has 6 nitrogen and oxygen atoms in total. The van der Waals surface area contributed by atoms with E-state index in [1.807, 2.05) is 13.8 Å². The number of hydrogen-bond acceptors (Lipinski definition) is 5. The number of nitrogens with zero attached hydrogens (tertiary/aromatic N) is 2. The molecule has 0 spiro atoms. The van der Waals surface area contributed by atoms with Gasteiger partial charge in [-0.25, -0.2) is 8.42 Å². The summed E-state index contributed by atoms with van der Waals surface area (Å²) < 4.78 is 29.2. The first-order valence-electron chi connectivity index (χ1n) is 6.62. The van der Waals surface area contributed by atoms with Crippen LogP contribution in [0.3, 0.4) is 0 Å². The van der Waals surface area contributed by atoms with E-state index in [9.17, 15) is 8.42 Å². The van der Waals surface area contributed by atoms with E-state index in [1.54, 1.807) is 36.3 Å². The van der Waals surface area contributed by atoms with Gasteiger partial charge in [0.1, 0.15) is 4.90 Å². The van der Waals surface area contributed by atoms with E-state index in [-0.39, 0.29) is 0 Å².